The number of hydrogen-bond donors (Lipinski definition) is 0. The number of ether oxygens (including phenoxy) is 4. The molecule has 200 valence electrons. The first kappa shape index (κ1) is 26.8. The minimum Gasteiger partial charge on any atom is -0.493 e. The van der Waals surface area contributed by atoms with Crippen molar-refractivity contribution in [3.05, 3.63) is 66.7 Å². The highest BCUT2D eigenvalue weighted by molar-refractivity contribution is 7.94. The summed E-state index contributed by atoms with van der Waals surface area (Å²) in [6, 6.07) is 22.4. The van der Waals surface area contributed by atoms with Gasteiger partial charge in [-0.25, -0.2) is 0 Å². The Kier molecular flexibility index (Phi) is 9.09. The van der Waals surface area contributed by atoms with Crippen LogP contribution < -0.4 is 14.2 Å². The lowest BCUT2D eigenvalue weighted by Gasteiger charge is -2.26. The third-order valence-corrected chi connectivity index (χ3v) is 8.02. The van der Waals surface area contributed by atoms with Gasteiger partial charge < -0.3 is 23.1 Å². The summed E-state index contributed by atoms with van der Waals surface area (Å²) < 4.78 is 30.6. The Morgan fingerprint density at radius 3 is 2.47 bits per heavy atom. The Hall–Kier alpha value is -2.75. The first-order valence-corrected chi connectivity index (χ1v) is 14.4. The van der Waals surface area contributed by atoms with E-state index in [4.69, 9.17) is 23.1 Å². The first-order chi connectivity index (χ1) is 18.6. The van der Waals surface area contributed by atoms with Crippen molar-refractivity contribution in [3.63, 3.8) is 0 Å². The molecule has 4 aromatic rings. The van der Waals surface area contributed by atoms with Crippen LogP contribution in [0.2, 0.25) is 0 Å². The molecule has 1 aliphatic rings. The summed E-state index contributed by atoms with van der Waals surface area (Å²) in [5, 5.41) is 1.21. The number of thiophene rings is 1. The van der Waals surface area contributed by atoms with Crippen LogP contribution in [-0.2, 0) is 8.92 Å². The molecule has 38 heavy (non-hydrogen) atoms. The van der Waals surface area contributed by atoms with Crippen molar-refractivity contribution in [2.75, 3.05) is 46.6 Å². The van der Waals surface area contributed by atoms with Gasteiger partial charge in [0.05, 0.1) is 33.0 Å². The van der Waals surface area contributed by atoms with Crippen molar-refractivity contribution >= 4 is 33.5 Å². The van der Waals surface area contributed by atoms with Crippen molar-refractivity contribution in [1.29, 1.82) is 0 Å². The molecule has 0 spiro atoms. The summed E-state index contributed by atoms with van der Waals surface area (Å²) in [7, 11) is 1.65. The lowest BCUT2D eigenvalue weighted by Crippen LogP contribution is -2.38. The van der Waals surface area contributed by atoms with E-state index >= 15 is 0 Å². The van der Waals surface area contributed by atoms with E-state index in [-0.39, 0.29) is 6.10 Å². The molecular weight excluding hydrogens is 518 g/mol. The zero-order valence-corrected chi connectivity index (χ0v) is 23.6. The summed E-state index contributed by atoms with van der Waals surface area (Å²) in [5.41, 5.74) is 0.983. The van der Waals surface area contributed by atoms with Gasteiger partial charge in [0, 0.05) is 57.8 Å². The van der Waals surface area contributed by atoms with Gasteiger partial charge in [-0.15, -0.1) is 11.3 Å². The zero-order chi connectivity index (χ0) is 26.3. The Morgan fingerprint density at radius 2 is 1.74 bits per heavy atom. The van der Waals surface area contributed by atoms with Crippen molar-refractivity contribution in [2.45, 2.75) is 24.8 Å². The highest BCUT2D eigenvalue weighted by atomic mass is 32.2. The number of hydrogen-bond acceptors (Lipinski definition) is 8. The smallest absolute Gasteiger partial charge is 0.170 e. The summed E-state index contributed by atoms with van der Waals surface area (Å²) in [5.74, 6) is 2.76. The third kappa shape index (κ3) is 6.81. The van der Waals surface area contributed by atoms with E-state index in [0.29, 0.717) is 18.1 Å². The molecule has 0 bridgehead atoms. The summed E-state index contributed by atoms with van der Waals surface area (Å²) in [6.45, 7) is 9.19. The van der Waals surface area contributed by atoms with Gasteiger partial charge in [0.2, 0.25) is 0 Å². The quantitative estimate of drug-likeness (QED) is 0.141. The predicted molar refractivity (Wildman–Crippen MR) is 155 cm³/mol. The Morgan fingerprint density at radius 1 is 0.947 bits per heavy atom. The summed E-state index contributed by atoms with van der Waals surface area (Å²) in [4.78, 5) is 4.51. The summed E-state index contributed by atoms with van der Waals surface area (Å²) >= 11 is 3.13. The average molecular weight is 552 g/mol. The molecule has 5 rings (SSSR count). The molecule has 8 heteroatoms. The van der Waals surface area contributed by atoms with Crippen molar-refractivity contribution in [2.24, 2.45) is 0 Å². The van der Waals surface area contributed by atoms with Crippen LogP contribution >= 0.6 is 23.4 Å². The van der Waals surface area contributed by atoms with Crippen LogP contribution in [0.4, 0.5) is 0 Å². The van der Waals surface area contributed by atoms with Gasteiger partial charge in [-0.2, -0.15) is 0 Å². The first-order valence-electron chi connectivity index (χ1n) is 12.8. The van der Waals surface area contributed by atoms with E-state index < -0.39 is 0 Å². The minimum atomic E-state index is 0.0285. The maximum Gasteiger partial charge on any atom is 0.170 e. The van der Waals surface area contributed by atoms with E-state index in [2.05, 4.69) is 35.2 Å². The van der Waals surface area contributed by atoms with Gasteiger partial charge in [-0.1, -0.05) is 18.2 Å². The van der Waals surface area contributed by atoms with Crippen LogP contribution in [0, 0.1) is 0 Å². The second-order valence-corrected chi connectivity index (χ2v) is 11.2. The van der Waals surface area contributed by atoms with E-state index in [1.54, 1.807) is 18.4 Å². The molecule has 1 saturated heterocycles. The third-order valence-electron chi connectivity index (χ3n) is 6.12. The topological polar surface area (TPSA) is 49.4 Å². The zero-order valence-electron chi connectivity index (χ0n) is 22.0. The fourth-order valence-corrected chi connectivity index (χ4v) is 5.86. The molecule has 1 aliphatic heterocycles. The summed E-state index contributed by atoms with van der Waals surface area (Å²) in [6.07, 6.45) is 0.0285. The van der Waals surface area contributed by atoms with E-state index in [1.807, 2.05) is 50.2 Å². The van der Waals surface area contributed by atoms with Crippen LogP contribution in [0.15, 0.2) is 71.6 Å². The van der Waals surface area contributed by atoms with Gasteiger partial charge in [-0.3, -0.25) is 4.90 Å². The average Bonchev–Trinajstić information content (AvgIpc) is 3.37. The highest BCUT2D eigenvalue weighted by Crippen LogP contribution is 2.45. The van der Waals surface area contributed by atoms with E-state index in [1.165, 1.54) is 22.1 Å². The molecule has 1 aromatic heterocycles. The van der Waals surface area contributed by atoms with Gasteiger partial charge in [0.15, 0.2) is 11.5 Å². The van der Waals surface area contributed by atoms with Gasteiger partial charge in [0.25, 0.3) is 0 Å². The number of morpholine rings is 1. The predicted octanol–water partition coefficient (Wildman–Crippen LogP) is 7.51. The van der Waals surface area contributed by atoms with Gasteiger partial charge in [0.1, 0.15) is 11.5 Å². The lowest BCUT2D eigenvalue weighted by molar-refractivity contribution is 0.0333. The normalized spacial score (nSPS) is 14.2. The van der Waals surface area contributed by atoms with E-state index in [9.17, 15) is 0 Å². The second-order valence-electron chi connectivity index (χ2n) is 9.25. The van der Waals surface area contributed by atoms with Crippen LogP contribution in [0.1, 0.15) is 13.8 Å². The number of methoxy groups -OCH3 is 1. The molecule has 6 nitrogen and oxygen atoms in total. The highest BCUT2D eigenvalue weighted by Gasteiger charge is 2.18. The maximum absolute atomic E-state index is 6.31. The molecule has 3 aromatic carbocycles. The second kappa shape index (κ2) is 12.9. The Bertz CT molecular complexity index is 1300. The number of fused-ring (bicyclic) bond motifs is 1. The molecule has 0 amide bonds. The van der Waals surface area contributed by atoms with Crippen molar-refractivity contribution < 1.29 is 23.1 Å². The molecule has 2 heterocycles. The Balaban J connectivity index is 1.30. The van der Waals surface area contributed by atoms with Crippen LogP contribution in [0.25, 0.3) is 20.5 Å². The fourth-order valence-electron chi connectivity index (χ4n) is 4.23. The fraction of sp³-hybridized carbons (Fsp3) is 0.333. The molecule has 0 unspecified atom stereocenters. The molecule has 0 N–H and O–H groups in total. The van der Waals surface area contributed by atoms with Crippen LogP contribution in [-0.4, -0.2) is 57.6 Å². The SMILES string of the molecule is COc1cc(OC(C)C)c(-c2cc3ccccc3s2)cc1Oc1ccc(SOCCN2CCOCC2)cc1. The Labute approximate surface area is 232 Å². The molecule has 1 fully saturated rings. The van der Waals surface area contributed by atoms with Crippen molar-refractivity contribution in [3.8, 4) is 33.4 Å². The number of rotatable bonds is 11. The molecule has 0 atom stereocenters. The van der Waals surface area contributed by atoms with Gasteiger partial charge >= 0.3 is 0 Å². The number of benzene rings is 3. The maximum atomic E-state index is 6.31. The molecular formula is C30H33NO5S2. The van der Waals surface area contributed by atoms with E-state index in [0.717, 1.165) is 59.7 Å². The van der Waals surface area contributed by atoms with Crippen LogP contribution in [0.5, 0.6) is 23.0 Å². The minimum absolute atomic E-state index is 0.0285. The molecule has 0 saturated carbocycles. The van der Waals surface area contributed by atoms with Crippen molar-refractivity contribution in [1.82, 2.24) is 4.90 Å². The van der Waals surface area contributed by atoms with Crippen LogP contribution in [0.3, 0.4) is 0 Å². The molecule has 0 aliphatic carbocycles. The lowest BCUT2D eigenvalue weighted by atomic mass is 10.1. The van der Waals surface area contributed by atoms with Gasteiger partial charge in [-0.05, 0) is 61.7 Å². The largest absolute Gasteiger partial charge is 0.493 e. The standard InChI is InChI=1S/C30H33NO5S2/c1-21(2)35-26-20-27(32-3)28(19-25(26)30-18-22-6-4-5-7-29(22)37-30)36-23-8-10-24(11-9-23)38-34-17-14-31-12-15-33-16-13-31/h4-11,18-21H,12-17H2,1-3H3. The molecule has 0 radical (unpaired) electrons. The number of nitrogens with zero attached hydrogens (tertiary/aromatic N) is 1. The monoisotopic (exact) mass is 551 g/mol.